The van der Waals surface area contributed by atoms with Crippen LogP contribution in [0.25, 0.3) is 0 Å². The smallest absolute Gasteiger partial charge is 0.157 e. The molecule has 0 radical (unpaired) electrons. The molecule has 0 spiro atoms. The van der Waals surface area contributed by atoms with Crippen molar-refractivity contribution >= 4 is 11.3 Å². The topological polar surface area (TPSA) is 39.9 Å². The lowest BCUT2D eigenvalue weighted by atomic mass is 10.6. The number of hydrogen-bond donors (Lipinski definition) is 0. The maximum Gasteiger partial charge on any atom is 0.157 e. The minimum atomic E-state index is 0.517. The molecule has 2 rings (SSSR count). The normalized spacial score (nSPS) is 10.2. The van der Waals surface area contributed by atoms with Crippen molar-refractivity contribution in [1.82, 2.24) is 14.8 Å². The maximum absolute atomic E-state index is 5.44. The first-order chi connectivity index (χ1) is 6.34. The lowest BCUT2D eigenvalue weighted by molar-refractivity contribution is 0.305. The van der Waals surface area contributed by atoms with Crippen LogP contribution in [0, 0.1) is 0 Å². The Morgan fingerprint density at radius 3 is 3.15 bits per heavy atom. The predicted molar refractivity (Wildman–Crippen MR) is 49.7 cm³/mol. The lowest BCUT2D eigenvalue weighted by Gasteiger charge is -1.98. The zero-order chi connectivity index (χ0) is 9.10. The van der Waals surface area contributed by atoms with E-state index in [0.29, 0.717) is 6.61 Å². The highest BCUT2D eigenvalue weighted by Gasteiger charge is 1.98. The molecule has 68 valence electrons. The molecule has 0 fully saturated rings. The number of ether oxygens (including phenoxy) is 1. The van der Waals surface area contributed by atoms with Crippen molar-refractivity contribution < 1.29 is 4.74 Å². The summed E-state index contributed by atoms with van der Waals surface area (Å²) < 4.78 is 7.14. The SMILES string of the molecule is Cn1cc(OCc2nccs2)cn1. The average molecular weight is 195 g/mol. The van der Waals surface area contributed by atoms with Crippen molar-refractivity contribution in [2.45, 2.75) is 6.61 Å². The van der Waals surface area contributed by atoms with Crippen molar-refractivity contribution in [2.75, 3.05) is 0 Å². The van der Waals surface area contributed by atoms with Gasteiger partial charge >= 0.3 is 0 Å². The van der Waals surface area contributed by atoms with Gasteiger partial charge in [0.25, 0.3) is 0 Å². The fraction of sp³-hybridized carbons (Fsp3) is 0.250. The molecular weight excluding hydrogens is 186 g/mol. The molecule has 0 atom stereocenters. The minimum absolute atomic E-state index is 0.517. The number of rotatable bonds is 3. The molecule has 0 aliphatic rings. The van der Waals surface area contributed by atoms with Crippen molar-refractivity contribution in [1.29, 1.82) is 0 Å². The molecule has 2 aromatic rings. The molecule has 0 aliphatic heterocycles. The van der Waals surface area contributed by atoms with E-state index in [0.717, 1.165) is 10.8 Å². The molecule has 0 unspecified atom stereocenters. The summed E-state index contributed by atoms with van der Waals surface area (Å²) in [5, 5.41) is 6.90. The Labute approximate surface area is 79.8 Å². The number of hydrogen-bond acceptors (Lipinski definition) is 4. The summed E-state index contributed by atoms with van der Waals surface area (Å²) in [4.78, 5) is 4.10. The van der Waals surface area contributed by atoms with Gasteiger partial charge in [0.15, 0.2) is 5.75 Å². The molecule has 2 aromatic heterocycles. The van der Waals surface area contributed by atoms with E-state index in [1.54, 1.807) is 28.4 Å². The summed E-state index contributed by atoms with van der Waals surface area (Å²) in [6.07, 6.45) is 5.29. The number of aryl methyl sites for hydroxylation is 1. The van der Waals surface area contributed by atoms with E-state index >= 15 is 0 Å². The van der Waals surface area contributed by atoms with E-state index in [2.05, 4.69) is 10.1 Å². The number of aromatic nitrogens is 3. The second kappa shape index (κ2) is 3.57. The summed E-state index contributed by atoms with van der Waals surface area (Å²) in [6, 6.07) is 0. The molecule has 0 amide bonds. The van der Waals surface area contributed by atoms with Gasteiger partial charge in [-0.3, -0.25) is 4.68 Å². The van der Waals surface area contributed by atoms with Crippen LogP contribution in [0.5, 0.6) is 5.75 Å². The van der Waals surface area contributed by atoms with E-state index < -0.39 is 0 Å². The van der Waals surface area contributed by atoms with Crippen LogP contribution in [0.1, 0.15) is 5.01 Å². The molecular formula is C8H9N3OS. The zero-order valence-corrected chi connectivity index (χ0v) is 7.99. The largest absolute Gasteiger partial charge is 0.483 e. The Morgan fingerprint density at radius 2 is 2.54 bits per heavy atom. The van der Waals surface area contributed by atoms with Gasteiger partial charge in [-0.15, -0.1) is 11.3 Å². The summed E-state index contributed by atoms with van der Waals surface area (Å²) in [5.74, 6) is 0.776. The Balaban J connectivity index is 1.93. The van der Waals surface area contributed by atoms with Crippen LogP contribution < -0.4 is 4.74 Å². The van der Waals surface area contributed by atoms with E-state index in [1.807, 2.05) is 18.6 Å². The third-order valence-electron chi connectivity index (χ3n) is 1.53. The summed E-state index contributed by atoms with van der Waals surface area (Å²) >= 11 is 1.59. The quantitative estimate of drug-likeness (QED) is 0.744. The van der Waals surface area contributed by atoms with Gasteiger partial charge < -0.3 is 4.74 Å². The van der Waals surface area contributed by atoms with Gasteiger partial charge in [0.2, 0.25) is 0 Å². The van der Waals surface area contributed by atoms with Gasteiger partial charge in [0, 0.05) is 18.6 Å². The molecule has 13 heavy (non-hydrogen) atoms. The molecule has 2 heterocycles. The third kappa shape index (κ3) is 2.06. The van der Waals surface area contributed by atoms with Crippen LogP contribution in [0.3, 0.4) is 0 Å². The minimum Gasteiger partial charge on any atom is -0.483 e. The lowest BCUT2D eigenvalue weighted by Crippen LogP contribution is -1.93. The highest BCUT2D eigenvalue weighted by Crippen LogP contribution is 2.11. The average Bonchev–Trinajstić information content (AvgIpc) is 2.71. The summed E-state index contributed by atoms with van der Waals surface area (Å²) in [6.45, 7) is 0.517. The molecule has 5 heteroatoms. The standard InChI is InChI=1S/C8H9N3OS/c1-11-5-7(4-10-11)12-6-8-9-2-3-13-8/h2-5H,6H2,1H3. The predicted octanol–water partition coefficient (Wildman–Crippen LogP) is 1.46. The second-order valence-electron chi connectivity index (χ2n) is 2.56. The van der Waals surface area contributed by atoms with E-state index in [4.69, 9.17) is 4.74 Å². The van der Waals surface area contributed by atoms with Gasteiger partial charge in [0.1, 0.15) is 11.6 Å². The van der Waals surface area contributed by atoms with E-state index in [1.165, 1.54) is 0 Å². The van der Waals surface area contributed by atoms with Crippen molar-refractivity contribution in [3.63, 3.8) is 0 Å². The fourth-order valence-corrected chi connectivity index (χ4v) is 1.47. The van der Waals surface area contributed by atoms with Crippen LogP contribution in [0.15, 0.2) is 24.0 Å². The molecule has 4 nitrogen and oxygen atoms in total. The van der Waals surface area contributed by atoms with Crippen LogP contribution in [-0.2, 0) is 13.7 Å². The Morgan fingerprint density at radius 1 is 1.62 bits per heavy atom. The van der Waals surface area contributed by atoms with Crippen LogP contribution in [-0.4, -0.2) is 14.8 Å². The Bertz CT molecular complexity index is 368. The van der Waals surface area contributed by atoms with E-state index in [9.17, 15) is 0 Å². The first-order valence-electron chi connectivity index (χ1n) is 3.84. The van der Waals surface area contributed by atoms with Crippen molar-refractivity contribution in [3.05, 3.63) is 29.0 Å². The highest BCUT2D eigenvalue weighted by atomic mass is 32.1. The number of thiazole rings is 1. The first-order valence-corrected chi connectivity index (χ1v) is 4.72. The fourth-order valence-electron chi connectivity index (χ4n) is 0.943. The van der Waals surface area contributed by atoms with Gasteiger partial charge in [0.05, 0.1) is 12.4 Å². The van der Waals surface area contributed by atoms with Crippen molar-refractivity contribution in [2.24, 2.45) is 7.05 Å². The molecule has 0 N–H and O–H groups in total. The van der Waals surface area contributed by atoms with Crippen molar-refractivity contribution in [3.8, 4) is 5.75 Å². The molecule has 0 bridgehead atoms. The highest BCUT2D eigenvalue weighted by molar-refractivity contribution is 7.09. The molecule has 0 aliphatic carbocycles. The zero-order valence-electron chi connectivity index (χ0n) is 7.17. The Hall–Kier alpha value is -1.36. The third-order valence-corrected chi connectivity index (χ3v) is 2.28. The molecule has 0 saturated carbocycles. The van der Waals surface area contributed by atoms with Crippen LogP contribution in [0.4, 0.5) is 0 Å². The first kappa shape index (κ1) is 8.25. The van der Waals surface area contributed by atoms with Gasteiger partial charge in [-0.05, 0) is 0 Å². The van der Waals surface area contributed by atoms with Gasteiger partial charge in [-0.25, -0.2) is 4.98 Å². The second-order valence-corrected chi connectivity index (χ2v) is 3.54. The van der Waals surface area contributed by atoms with Gasteiger partial charge in [-0.1, -0.05) is 0 Å². The molecule has 0 aromatic carbocycles. The molecule has 0 saturated heterocycles. The summed E-state index contributed by atoms with van der Waals surface area (Å²) in [7, 11) is 1.86. The monoisotopic (exact) mass is 195 g/mol. The van der Waals surface area contributed by atoms with Crippen LogP contribution >= 0.6 is 11.3 Å². The number of nitrogens with zero attached hydrogens (tertiary/aromatic N) is 3. The maximum atomic E-state index is 5.44. The van der Waals surface area contributed by atoms with Crippen LogP contribution in [0.2, 0.25) is 0 Å². The van der Waals surface area contributed by atoms with E-state index in [-0.39, 0.29) is 0 Å². The Kier molecular flexibility index (Phi) is 2.27. The summed E-state index contributed by atoms with van der Waals surface area (Å²) in [5.41, 5.74) is 0. The van der Waals surface area contributed by atoms with Gasteiger partial charge in [-0.2, -0.15) is 5.10 Å².